The van der Waals surface area contributed by atoms with Gasteiger partial charge in [0.05, 0.1) is 12.7 Å². The van der Waals surface area contributed by atoms with Crippen molar-refractivity contribution in [2.45, 2.75) is 20.0 Å². The van der Waals surface area contributed by atoms with Crippen LogP contribution in [0.25, 0.3) is 0 Å². The minimum Gasteiger partial charge on any atom is -0.486 e. The predicted octanol–water partition coefficient (Wildman–Crippen LogP) is 1.90. The lowest BCUT2D eigenvalue weighted by molar-refractivity contribution is 0.0318. The van der Waals surface area contributed by atoms with Crippen molar-refractivity contribution in [2.75, 3.05) is 38.3 Å². The van der Waals surface area contributed by atoms with Gasteiger partial charge in [-0.2, -0.15) is 0 Å². The van der Waals surface area contributed by atoms with Gasteiger partial charge in [-0.15, -0.1) is 0 Å². The van der Waals surface area contributed by atoms with E-state index in [2.05, 4.69) is 19.2 Å². The Morgan fingerprint density at radius 3 is 2.70 bits per heavy atom. The number of anilines is 1. The van der Waals surface area contributed by atoms with Crippen molar-refractivity contribution < 1.29 is 19.3 Å². The van der Waals surface area contributed by atoms with Crippen LogP contribution in [0.4, 0.5) is 5.69 Å². The Balaban J connectivity index is 1.76. The molecule has 1 heterocycles. The Kier molecular flexibility index (Phi) is 5.49. The number of aliphatic hydroxyl groups is 1. The number of fused-ring (bicyclic) bond motifs is 1. The first kappa shape index (κ1) is 14.9. The molecule has 1 atom stereocenters. The van der Waals surface area contributed by atoms with Crippen molar-refractivity contribution in [1.29, 1.82) is 0 Å². The van der Waals surface area contributed by atoms with Gasteiger partial charge in [-0.1, -0.05) is 13.8 Å². The third kappa shape index (κ3) is 4.58. The molecule has 0 aromatic heterocycles. The summed E-state index contributed by atoms with van der Waals surface area (Å²) in [5.74, 6) is 1.99. The van der Waals surface area contributed by atoms with Crippen molar-refractivity contribution in [3.05, 3.63) is 18.2 Å². The third-order valence-corrected chi connectivity index (χ3v) is 2.85. The summed E-state index contributed by atoms with van der Waals surface area (Å²) in [6, 6.07) is 5.67. The second-order valence-corrected chi connectivity index (χ2v) is 5.32. The molecule has 20 heavy (non-hydrogen) atoms. The molecule has 112 valence electrons. The van der Waals surface area contributed by atoms with Gasteiger partial charge in [0.25, 0.3) is 0 Å². The molecule has 0 fully saturated rings. The van der Waals surface area contributed by atoms with E-state index >= 15 is 0 Å². The zero-order valence-corrected chi connectivity index (χ0v) is 12.1. The first-order valence-corrected chi connectivity index (χ1v) is 7.04. The maximum Gasteiger partial charge on any atom is 0.163 e. The summed E-state index contributed by atoms with van der Waals surface area (Å²) >= 11 is 0. The molecule has 1 unspecified atom stereocenters. The molecule has 2 N–H and O–H groups in total. The fourth-order valence-electron chi connectivity index (χ4n) is 1.89. The molecule has 1 aliphatic heterocycles. The lowest BCUT2D eigenvalue weighted by atomic mass is 10.2. The number of nitrogens with one attached hydrogen (secondary N) is 1. The third-order valence-electron chi connectivity index (χ3n) is 2.85. The number of hydrogen-bond acceptors (Lipinski definition) is 5. The second kappa shape index (κ2) is 7.36. The van der Waals surface area contributed by atoms with Gasteiger partial charge in [0.15, 0.2) is 11.5 Å². The summed E-state index contributed by atoms with van der Waals surface area (Å²) in [5.41, 5.74) is 0.900. The van der Waals surface area contributed by atoms with Crippen LogP contribution >= 0.6 is 0 Å². The van der Waals surface area contributed by atoms with E-state index < -0.39 is 6.10 Å². The minimum atomic E-state index is -0.526. The van der Waals surface area contributed by atoms with E-state index in [9.17, 15) is 5.11 Å². The van der Waals surface area contributed by atoms with Crippen LogP contribution in [0.2, 0.25) is 0 Å². The van der Waals surface area contributed by atoms with Gasteiger partial charge in [-0.05, 0) is 18.1 Å². The zero-order valence-electron chi connectivity index (χ0n) is 12.1. The van der Waals surface area contributed by atoms with Gasteiger partial charge < -0.3 is 24.6 Å². The monoisotopic (exact) mass is 281 g/mol. The summed E-state index contributed by atoms with van der Waals surface area (Å²) in [6.07, 6.45) is -0.526. The summed E-state index contributed by atoms with van der Waals surface area (Å²) in [5, 5.41) is 13.0. The van der Waals surface area contributed by atoms with Crippen LogP contribution in [-0.2, 0) is 4.74 Å². The molecule has 0 aliphatic carbocycles. The van der Waals surface area contributed by atoms with Gasteiger partial charge >= 0.3 is 0 Å². The number of ether oxygens (including phenoxy) is 3. The molecule has 0 bridgehead atoms. The van der Waals surface area contributed by atoms with Gasteiger partial charge in [-0.3, -0.25) is 0 Å². The van der Waals surface area contributed by atoms with Crippen LogP contribution < -0.4 is 14.8 Å². The Bertz CT molecular complexity index is 422. The first-order chi connectivity index (χ1) is 9.65. The smallest absolute Gasteiger partial charge is 0.163 e. The Morgan fingerprint density at radius 1 is 1.20 bits per heavy atom. The number of rotatable bonds is 7. The normalized spacial score (nSPS) is 15.2. The Hall–Kier alpha value is -1.46. The van der Waals surface area contributed by atoms with E-state index in [1.165, 1.54) is 0 Å². The fourth-order valence-corrected chi connectivity index (χ4v) is 1.89. The van der Waals surface area contributed by atoms with Crippen molar-refractivity contribution in [2.24, 2.45) is 5.92 Å². The van der Waals surface area contributed by atoms with E-state index in [-0.39, 0.29) is 0 Å². The van der Waals surface area contributed by atoms with Crippen molar-refractivity contribution in [3.63, 3.8) is 0 Å². The van der Waals surface area contributed by atoms with Crippen LogP contribution in [0.15, 0.2) is 18.2 Å². The summed E-state index contributed by atoms with van der Waals surface area (Å²) < 4.78 is 16.4. The fraction of sp³-hybridized carbons (Fsp3) is 0.600. The topological polar surface area (TPSA) is 60.0 Å². The molecule has 5 heteroatoms. The molecule has 0 saturated carbocycles. The highest BCUT2D eigenvalue weighted by molar-refractivity contribution is 5.55. The van der Waals surface area contributed by atoms with Gasteiger partial charge in [-0.25, -0.2) is 0 Å². The van der Waals surface area contributed by atoms with Gasteiger partial charge in [0.2, 0.25) is 0 Å². The molecule has 0 saturated heterocycles. The van der Waals surface area contributed by atoms with E-state index in [0.29, 0.717) is 38.9 Å². The highest BCUT2D eigenvalue weighted by Gasteiger charge is 2.12. The van der Waals surface area contributed by atoms with Crippen molar-refractivity contribution in [3.8, 4) is 11.5 Å². The van der Waals surface area contributed by atoms with Crippen LogP contribution in [0, 0.1) is 5.92 Å². The van der Waals surface area contributed by atoms with Crippen LogP contribution in [-0.4, -0.2) is 44.2 Å². The summed E-state index contributed by atoms with van der Waals surface area (Å²) in [7, 11) is 0. The average molecular weight is 281 g/mol. The Labute approximate surface area is 119 Å². The zero-order chi connectivity index (χ0) is 14.4. The second-order valence-electron chi connectivity index (χ2n) is 5.32. The number of benzene rings is 1. The lowest BCUT2D eigenvalue weighted by Crippen LogP contribution is -2.25. The highest BCUT2D eigenvalue weighted by Crippen LogP contribution is 2.32. The molecule has 0 radical (unpaired) electrons. The standard InChI is InChI=1S/C15H23NO4/c1-11(2)9-18-10-13(17)8-16-12-3-4-14-15(7-12)20-6-5-19-14/h3-4,7,11,13,16-17H,5-6,8-10H2,1-2H3. The molecular weight excluding hydrogens is 258 g/mol. The van der Waals surface area contributed by atoms with Gasteiger partial charge in [0.1, 0.15) is 13.2 Å². The SMILES string of the molecule is CC(C)COCC(O)CNc1ccc2c(c1)OCCO2. The van der Waals surface area contributed by atoms with Gasteiger partial charge in [0, 0.05) is 24.9 Å². The van der Waals surface area contributed by atoms with Crippen molar-refractivity contribution >= 4 is 5.69 Å². The number of hydrogen-bond donors (Lipinski definition) is 2. The molecule has 1 aromatic rings. The molecule has 1 aromatic carbocycles. The maximum atomic E-state index is 9.82. The quantitative estimate of drug-likeness (QED) is 0.799. The molecule has 1 aliphatic rings. The maximum absolute atomic E-state index is 9.82. The van der Waals surface area contributed by atoms with Crippen molar-refractivity contribution in [1.82, 2.24) is 0 Å². The summed E-state index contributed by atoms with van der Waals surface area (Å²) in [6.45, 7) is 6.78. The van der Waals surface area contributed by atoms with E-state index in [0.717, 1.165) is 17.2 Å². The van der Waals surface area contributed by atoms with Crippen LogP contribution in [0.3, 0.4) is 0 Å². The highest BCUT2D eigenvalue weighted by atomic mass is 16.6. The molecule has 0 spiro atoms. The average Bonchev–Trinajstić information content (AvgIpc) is 2.44. The largest absolute Gasteiger partial charge is 0.486 e. The molecule has 2 rings (SSSR count). The Morgan fingerprint density at radius 2 is 1.95 bits per heavy atom. The molecule has 0 amide bonds. The number of aliphatic hydroxyl groups excluding tert-OH is 1. The lowest BCUT2D eigenvalue weighted by Gasteiger charge is -2.20. The van der Waals surface area contributed by atoms with E-state index in [1.54, 1.807) is 0 Å². The predicted molar refractivity (Wildman–Crippen MR) is 77.6 cm³/mol. The molecular formula is C15H23NO4. The van der Waals surface area contributed by atoms with E-state index in [4.69, 9.17) is 14.2 Å². The summed E-state index contributed by atoms with van der Waals surface area (Å²) in [4.78, 5) is 0. The van der Waals surface area contributed by atoms with E-state index in [1.807, 2.05) is 18.2 Å². The molecule has 5 nitrogen and oxygen atoms in total. The minimum absolute atomic E-state index is 0.343. The first-order valence-electron chi connectivity index (χ1n) is 7.04. The van der Waals surface area contributed by atoms with Crippen LogP contribution in [0.1, 0.15) is 13.8 Å². The van der Waals surface area contributed by atoms with Crippen LogP contribution in [0.5, 0.6) is 11.5 Å².